The molecule has 160 valence electrons. The van der Waals surface area contributed by atoms with Gasteiger partial charge in [-0.2, -0.15) is 0 Å². The van der Waals surface area contributed by atoms with Gasteiger partial charge >= 0.3 is 0 Å². The van der Waals surface area contributed by atoms with Crippen LogP contribution >= 0.6 is 0 Å². The molecular formula is C26H28N2O3. The third-order valence-corrected chi connectivity index (χ3v) is 6.54. The number of aliphatic hydroxyl groups is 1. The second kappa shape index (κ2) is 8.31. The van der Waals surface area contributed by atoms with Crippen LogP contribution in [0.1, 0.15) is 66.4 Å². The smallest absolute Gasteiger partial charge is 0.252 e. The molecule has 2 aliphatic rings. The number of allylic oxidation sites excluding steroid dienone is 1. The number of amides is 1. The number of aromatic nitrogens is 1. The van der Waals surface area contributed by atoms with E-state index < -0.39 is 0 Å². The highest BCUT2D eigenvalue weighted by Crippen LogP contribution is 2.38. The van der Waals surface area contributed by atoms with Gasteiger partial charge in [-0.15, -0.1) is 0 Å². The van der Waals surface area contributed by atoms with Crippen LogP contribution in [0.25, 0.3) is 22.6 Å². The molecule has 2 aliphatic carbocycles. The molecule has 0 aliphatic heterocycles. The van der Waals surface area contributed by atoms with E-state index in [9.17, 15) is 9.90 Å². The summed E-state index contributed by atoms with van der Waals surface area (Å²) < 4.78 is 5.56. The van der Waals surface area contributed by atoms with Crippen LogP contribution in [0.4, 0.5) is 0 Å². The Labute approximate surface area is 182 Å². The topological polar surface area (TPSA) is 75.4 Å². The van der Waals surface area contributed by atoms with Gasteiger partial charge in [-0.25, -0.2) is 4.98 Å². The van der Waals surface area contributed by atoms with Crippen molar-refractivity contribution in [2.45, 2.75) is 57.6 Å². The fourth-order valence-corrected chi connectivity index (χ4v) is 5.02. The largest absolute Gasteiger partial charge is 0.465 e. The minimum atomic E-state index is -0.238. The Kier molecular flexibility index (Phi) is 5.36. The zero-order valence-electron chi connectivity index (χ0n) is 17.8. The fraction of sp³-hybridized carbons (Fsp3) is 0.385. The highest BCUT2D eigenvalue weighted by atomic mass is 16.3. The Morgan fingerprint density at radius 3 is 2.71 bits per heavy atom. The number of para-hydroxylation sites is 1. The van der Waals surface area contributed by atoms with Crippen LogP contribution in [0.5, 0.6) is 0 Å². The molecule has 1 atom stereocenters. The molecule has 3 aromatic rings. The average molecular weight is 417 g/mol. The molecule has 0 saturated heterocycles. The highest BCUT2D eigenvalue weighted by molar-refractivity contribution is 6.09. The van der Waals surface area contributed by atoms with Crippen molar-refractivity contribution in [2.24, 2.45) is 5.92 Å². The van der Waals surface area contributed by atoms with Crippen molar-refractivity contribution in [3.63, 3.8) is 0 Å². The standard InChI is InChI=1S/C26H28N2O3/c1-16-13-17(15-20-5-4-12-31-20)25-22(14-16)24(21-6-2-3-7-23(21)28-25)26(30)27-18-8-10-19(29)11-9-18/h2-7,12,15-16,18-19,29H,8-11,13-14H2,1H3,(H,27,30). The molecule has 0 radical (unpaired) electrons. The number of benzene rings is 1. The number of fused-ring (bicyclic) bond motifs is 2. The lowest BCUT2D eigenvalue weighted by Crippen LogP contribution is -2.39. The van der Waals surface area contributed by atoms with E-state index in [2.05, 4.69) is 18.3 Å². The molecule has 1 amide bonds. The summed E-state index contributed by atoms with van der Waals surface area (Å²) in [6, 6.07) is 11.8. The molecular weight excluding hydrogens is 388 g/mol. The second-order valence-electron chi connectivity index (χ2n) is 9.01. The summed E-state index contributed by atoms with van der Waals surface area (Å²) >= 11 is 0. The third-order valence-electron chi connectivity index (χ3n) is 6.54. The van der Waals surface area contributed by atoms with E-state index in [1.54, 1.807) is 6.26 Å². The number of rotatable bonds is 3. The van der Waals surface area contributed by atoms with Crippen molar-refractivity contribution in [2.75, 3.05) is 0 Å². The predicted octanol–water partition coefficient (Wildman–Crippen LogP) is 4.98. The van der Waals surface area contributed by atoms with Gasteiger partial charge in [0.15, 0.2) is 0 Å². The summed E-state index contributed by atoms with van der Waals surface area (Å²) in [7, 11) is 0. The fourth-order valence-electron chi connectivity index (χ4n) is 5.02. The normalized spacial score (nSPS) is 24.8. The quantitative estimate of drug-likeness (QED) is 0.631. The van der Waals surface area contributed by atoms with Gasteiger partial charge in [0.2, 0.25) is 0 Å². The zero-order chi connectivity index (χ0) is 21.4. The first-order valence-corrected chi connectivity index (χ1v) is 11.2. The Morgan fingerprint density at radius 1 is 1.13 bits per heavy atom. The highest BCUT2D eigenvalue weighted by Gasteiger charge is 2.29. The number of aliphatic hydroxyl groups excluding tert-OH is 1. The molecule has 5 nitrogen and oxygen atoms in total. The lowest BCUT2D eigenvalue weighted by atomic mass is 9.80. The number of nitrogens with one attached hydrogen (secondary N) is 1. The summed E-state index contributed by atoms with van der Waals surface area (Å²) in [5.74, 6) is 1.19. The first kappa shape index (κ1) is 20.0. The minimum Gasteiger partial charge on any atom is -0.465 e. The lowest BCUT2D eigenvalue weighted by molar-refractivity contribution is 0.0868. The number of furan rings is 1. The van der Waals surface area contributed by atoms with E-state index in [0.717, 1.165) is 77.6 Å². The second-order valence-corrected chi connectivity index (χ2v) is 9.01. The average Bonchev–Trinajstić information content (AvgIpc) is 3.27. The van der Waals surface area contributed by atoms with E-state index in [0.29, 0.717) is 5.92 Å². The van der Waals surface area contributed by atoms with Crippen molar-refractivity contribution in [1.29, 1.82) is 0 Å². The number of hydrogen-bond donors (Lipinski definition) is 2. The lowest BCUT2D eigenvalue weighted by Gasteiger charge is -2.29. The van der Waals surface area contributed by atoms with E-state index in [1.165, 1.54) is 0 Å². The molecule has 2 N–H and O–H groups in total. The zero-order valence-corrected chi connectivity index (χ0v) is 17.8. The van der Waals surface area contributed by atoms with Crippen molar-refractivity contribution in [1.82, 2.24) is 10.3 Å². The molecule has 1 unspecified atom stereocenters. The molecule has 2 heterocycles. The number of nitrogens with zero attached hydrogens (tertiary/aromatic N) is 1. The Morgan fingerprint density at radius 2 is 1.94 bits per heavy atom. The van der Waals surface area contributed by atoms with Crippen LogP contribution in [-0.4, -0.2) is 28.1 Å². The molecule has 1 aromatic carbocycles. The monoisotopic (exact) mass is 416 g/mol. The van der Waals surface area contributed by atoms with Crippen LogP contribution in [0.15, 0.2) is 47.1 Å². The number of pyridine rings is 1. The van der Waals surface area contributed by atoms with E-state index >= 15 is 0 Å². The SMILES string of the molecule is CC1CC(=Cc2ccco2)c2nc3ccccc3c(C(=O)NC3CCC(O)CC3)c2C1. The summed E-state index contributed by atoms with van der Waals surface area (Å²) in [5.41, 5.74) is 4.65. The molecule has 5 rings (SSSR count). The number of carbonyl (C=O) groups excluding carboxylic acids is 1. The summed E-state index contributed by atoms with van der Waals surface area (Å²) in [5, 5.41) is 14.0. The van der Waals surface area contributed by atoms with Gasteiger partial charge in [0.25, 0.3) is 5.91 Å². The van der Waals surface area contributed by atoms with Gasteiger partial charge in [-0.05, 0) is 79.9 Å². The Hall–Kier alpha value is -2.92. The number of hydrogen-bond acceptors (Lipinski definition) is 4. The van der Waals surface area contributed by atoms with Crippen molar-refractivity contribution in [3.8, 4) is 0 Å². The minimum absolute atomic E-state index is 0.0253. The first-order chi connectivity index (χ1) is 15.1. The van der Waals surface area contributed by atoms with E-state index in [-0.39, 0.29) is 18.1 Å². The first-order valence-electron chi connectivity index (χ1n) is 11.2. The third kappa shape index (κ3) is 4.02. The molecule has 2 aromatic heterocycles. The predicted molar refractivity (Wildman–Crippen MR) is 122 cm³/mol. The van der Waals surface area contributed by atoms with Crippen molar-refractivity contribution >= 4 is 28.5 Å². The number of carbonyl (C=O) groups is 1. The molecule has 31 heavy (non-hydrogen) atoms. The molecule has 0 spiro atoms. The Balaban J connectivity index is 1.60. The van der Waals surface area contributed by atoms with E-state index in [4.69, 9.17) is 9.40 Å². The van der Waals surface area contributed by atoms with Crippen LogP contribution in [0.2, 0.25) is 0 Å². The van der Waals surface area contributed by atoms with Gasteiger partial charge in [0, 0.05) is 11.4 Å². The summed E-state index contributed by atoms with van der Waals surface area (Å²) in [6.45, 7) is 2.22. The maximum atomic E-state index is 13.6. The van der Waals surface area contributed by atoms with E-state index in [1.807, 2.05) is 36.4 Å². The maximum Gasteiger partial charge on any atom is 0.252 e. The van der Waals surface area contributed by atoms with Crippen molar-refractivity contribution in [3.05, 3.63) is 65.2 Å². The molecule has 0 bridgehead atoms. The van der Waals surface area contributed by atoms with Crippen LogP contribution in [0, 0.1) is 5.92 Å². The maximum absolute atomic E-state index is 13.6. The van der Waals surface area contributed by atoms with Gasteiger partial charge in [-0.1, -0.05) is 25.1 Å². The van der Waals surface area contributed by atoms with Gasteiger partial charge in [-0.3, -0.25) is 4.79 Å². The van der Waals surface area contributed by atoms with Crippen LogP contribution in [-0.2, 0) is 6.42 Å². The summed E-state index contributed by atoms with van der Waals surface area (Å²) in [6.07, 6.45) is 8.35. The Bertz CT molecular complexity index is 1130. The molecule has 1 fully saturated rings. The van der Waals surface area contributed by atoms with Crippen LogP contribution < -0.4 is 5.32 Å². The van der Waals surface area contributed by atoms with Gasteiger partial charge < -0.3 is 14.8 Å². The van der Waals surface area contributed by atoms with Gasteiger partial charge in [0.1, 0.15) is 5.76 Å². The van der Waals surface area contributed by atoms with Gasteiger partial charge in [0.05, 0.1) is 29.1 Å². The molecule has 1 saturated carbocycles. The van der Waals surface area contributed by atoms with Crippen LogP contribution in [0.3, 0.4) is 0 Å². The molecule has 5 heteroatoms. The summed E-state index contributed by atoms with van der Waals surface area (Å²) in [4.78, 5) is 18.6. The van der Waals surface area contributed by atoms with Crippen molar-refractivity contribution < 1.29 is 14.3 Å².